The van der Waals surface area contributed by atoms with E-state index in [1.165, 1.54) is 0 Å². The molecule has 0 saturated carbocycles. The van der Waals surface area contributed by atoms with Crippen LogP contribution in [0.1, 0.15) is 27.2 Å². The van der Waals surface area contributed by atoms with Crippen molar-refractivity contribution in [3.8, 4) is 0 Å². The summed E-state index contributed by atoms with van der Waals surface area (Å²) in [6.45, 7) is 7.44. The quantitative estimate of drug-likeness (QED) is 0.898. The van der Waals surface area contributed by atoms with Gasteiger partial charge in [0.1, 0.15) is 5.82 Å². The first kappa shape index (κ1) is 12.6. The number of rotatable bonds is 4. The molecule has 0 bridgehead atoms. The Kier molecular flexibility index (Phi) is 3.65. The Balaban J connectivity index is 2.61. The topological polar surface area (TPSA) is 55.0 Å². The van der Waals surface area contributed by atoms with Crippen molar-refractivity contribution in [3.05, 3.63) is 24.3 Å². The van der Waals surface area contributed by atoms with E-state index in [0.29, 0.717) is 12.0 Å². The summed E-state index contributed by atoms with van der Waals surface area (Å²) in [6.07, 6.45) is 1.08. The summed E-state index contributed by atoms with van der Waals surface area (Å²) in [7, 11) is 0. The van der Waals surface area contributed by atoms with E-state index in [1.54, 1.807) is 0 Å². The molecular weight excluding hydrogens is 224 g/mol. The van der Waals surface area contributed by atoms with Crippen LogP contribution in [0.5, 0.6) is 0 Å². The second kappa shape index (κ2) is 5.21. The maximum atomic E-state index is 5.81. The lowest BCUT2D eigenvalue weighted by Gasteiger charge is -2.29. The van der Waals surface area contributed by atoms with Gasteiger partial charge < -0.3 is 10.6 Å². The zero-order valence-electron chi connectivity index (χ0n) is 11.2. The molecular formula is C14H20N4. The van der Waals surface area contributed by atoms with E-state index in [4.69, 9.17) is 5.73 Å². The van der Waals surface area contributed by atoms with Crippen LogP contribution < -0.4 is 10.6 Å². The van der Waals surface area contributed by atoms with Crippen LogP contribution in [0.4, 0.5) is 11.8 Å². The van der Waals surface area contributed by atoms with Gasteiger partial charge in [0.25, 0.3) is 0 Å². The molecule has 0 saturated heterocycles. The highest BCUT2D eigenvalue weighted by Gasteiger charge is 2.16. The fraction of sp³-hybridized carbons (Fsp3) is 0.429. The predicted molar refractivity (Wildman–Crippen MR) is 76.7 cm³/mol. The van der Waals surface area contributed by atoms with Gasteiger partial charge in [0.05, 0.1) is 5.52 Å². The molecule has 0 radical (unpaired) electrons. The molecule has 0 spiro atoms. The normalized spacial score (nSPS) is 12.6. The number of fused-ring (bicyclic) bond motifs is 1. The molecule has 4 nitrogen and oxygen atoms in total. The van der Waals surface area contributed by atoms with Gasteiger partial charge in [0, 0.05) is 18.0 Å². The lowest BCUT2D eigenvalue weighted by atomic mass is 10.1. The summed E-state index contributed by atoms with van der Waals surface area (Å²) >= 11 is 0. The molecule has 0 aliphatic heterocycles. The number of hydrogen-bond acceptors (Lipinski definition) is 4. The molecule has 2 N–H and O–H groups in total. The van der Waals surface area contributed by atoms with Crippen molar-refractivity contribution in [1.82, 2.24) is 9.97 Å². The Morgan fingerprint density at radius 1 is 1.22 bits per heavy atom. The highest BCUT2D eigenvalue weighted by molar-refractivity contribution is 5.90. The molecule has 0 aliphatic carbocycles. The second-order valence-electron chi connectivity index (χ2n) is 4.47. The van der Waals surface area contributed by atoms with Crippen LogP contribution in [0.2, 0.25) is 0 Å². The Morgan fingerprint density at radius 3 is 2.61 bits per heavy atom. The van der Waals surface area contributed by atoms with Crippen LogP contribution in [0.25, 0.3) is 10.9 Å². The standard InChI is InChI=1S/C14H20N4/c1-4-10(3)18(5-2)13-11-8-6-7-9-12(11)16-14(15)17-13/h6-10H,4-5H2,1-3H3,(H2,15,16,17). The first-order valence-corrected chi connectivity index (χ1v) is 6.46. The summed E-state index contributed by atoms with van der Waals surface area (Å²) in [6, 6.07) is 8.44. The number of nitrogen functional groups attached to an aromatic ring is 1. The second-order valence-corrected chi connectivity index (χ2v) is 4.47. The lowest BCUT2D eigenvalue weighted by Crippen LogP contribution is -2.33. The summed E-state index contributed by atoms with van der Waals surface area (Å²) in [5, 5.41) is 1.06. The van der Waals surface area contributed by atoms with Gasteiger partial charge in [-0.2, -0.15) is 4.98 Å². The largest absolute Gasteiger partial charge is 0.368 e. The first-order valence-electron chi connectivity index (χ1n) is 6.46. The van der Waals surface area contributed by atoms with Crippen LogP contribution in [-0.4, -0.2) is 22.6 Å². The molecule has 96 valence electrons. The minimum atomic E-state index is 0.338. The molecule has 2 rings (SSSR count). The lowest BCUT2D eigenvalue weighted by molar-refractivity contribution is 0.625. The van der Waals surface area contributed by atoms with Crippen molar-refractivity contribution in [2.45, 2.75) is 33.2 Å². The Labute approximate surface area is 108 Å². The molecule has 0 amide bonds. The van der Waals surface area contributed by atoms with Crippen LogP contribution in [0.15, 0.2) is 24.3 Å². The van der Waals surface area contributed by atoms with Gasteiger partial charge in [-0.15, -0.1) is 0 Å². The number of aromatic nitrogens is 2. The maximum absolute atomic E-state index is 5.81. The van der Waals surface area contributed by atoms with E-state index in [1.807, 2.05) is 18.2 Å². The Bertz CT molecular complexity index is 538. The van der Waals surface area contributed by atoms with Crippen LogP contribution in [0, 0.1) is 0 Å². The van der Waals surface area contributed by atoms with Crippen LogP contribution in [-0.2, 0) is 0 Å². The molecule has 0 aliphatic rings. The summed E-state index contributed by atoms with van der Waals surface area (Å²) in [5.41, 5.74) is 6.71. The molecule has 1 aromatic carbocycles. The highest BCUT2D eigenvalue weighted by atomic mass is 15.2. The Morgan fingerprint density at radius 2 is 1.94 bits per heavy atom. The van der Waals surface area contributed by atoms with Gasteiger partial charge >= 0.3 is 0 Å². The van der Waals surface area contributed by atoms with Crippen molar-refractivity contribution >= 4 is 22.7 Å². The van der Waals surface area contributed by atoms with Gasteiger partial charge in [-0.1, -0.05) is 19.1 Å². The van der Waals surface area contributed by atoms with E-state index in [0.717, 1.165) is 29.7 Å². The Hall–Kier alpha value is -1.84. The minimum Gasteiger partial charge on any atom is -0.368 e. The van der Waals surface area contributed by atoms with Crippen LogP contribution >= 0.6 is 0 Å². The number of hydrogen-bond donors (Lipinski definition) is 1. The number of benzene rings is 1. The van der Waals surface area contributed by atoms with Crippen molar-refractivity contribution in [2.75, 3.05) is 17.2 Å². The average molecular weight is 244 g/mol. The van der Waals surface area contributed by atoms with E-state index in [2.05, 4.69) is 41.7 Å². The summed E-state index contributed by atoms with van der Waals surface area (Å²) in [4.78, 5) is 11.0. The molecule has 1 atom stereocenters. The van der Waals surface area contributed by atoms with Gasteiger partial charge in [0.2, 0.25) is 5.95 Å². The SMILES string of the molecule is CCC(C)N(CC)c1nc(N)nc2ccccc12. The number of nitrogens with two attached hydrogens (primary N) is 1. The van der Waals surface area contributed by atoms with E-state index >= 15 is 0 Å². The van der Waals surface area contributed by atoms with Gasteiger partial charge in [-0.05, 0) is 32.4 Å². The number of para-hydroxylation sites is 1. The fourth-order valence-corrected chi connectivity index (χ4v) is 2.19. The van der Waals surface area contributed by atoms with Gasteiger partial charge in [-0.3, -0.25) is 0 Å². The molecule has 18 heavy (non-hydrogen) atoms. The molecule has 0 fully saturated rings. The summed E-state index contributed by atoms with van der Waals surface area (Å²) < 4.78 is 0. The van der Waals surface area contributed by atoms with Crippen molar-refractivity contribution in [3.63, 3.8) is 0 Å². The highest BCUT2D eigenvalue weighted by Crippen LogP contribution is 2.26. The molecule has 1 aromatic heterocycles. The smallest absolute Gasteiger partial charge is 0.222 e. The zero-order chi connectivity index (χ0) is 13.1. The van der Waals surface area contributed by atoms with Gasteiger partial charge in [0.15, 0.2) is 0 Å². The third kappa shape index (κ3) is 2.23. The van der Waals surface area contributed by atoms with E-state index < -0.39 is 0 Å². The van der Waals surface area contributed by atoms with E-state index in [-0.39, 0.29) is 0 Å². The molecule has 2 aromatic rings. The van der Waals surface area contributed by atoms with Crippen molar-refractivity contribution in [2.24, 2.45) is 0 Å². The number of anilines is 2. The molecule has 1 heterocycles. The average Bonchev–Trinajstić information content (AvgIpc) is 2.39. The fourth-order valence-electron chi connectivity index (χ4n) is 2.19. The summed E-state index contributed by atoms with van der Waals surface area (Å²) in [5.74, 6) is 1.28. The minimum absolute atomic E-state index is 0.338. The van der Waals surface area contributed by atoms with E-state index in [9.17, 15) is 0 Å². The first-order chi connectivity index (χ1) is 8.67. The predicted octanol–water partition coefficient (Wildman–Crippen LogP) is 2.84. The van der Waals surface area contributed by atoms with Crippen molar-refractivity contribution < 1.29 is 0 Å². The van der Waals surface area contributed by atoms with Crippen molar-refractivity contribution in [1.29, 1.82) is 0 Å². The molecule has 1 unspecified atom stereocenters. The monoisotopic (exact) mass is 244 g/mol. The van der Waals surface area contributed by atoms with Gasteiger partial charge in [-0.25, -0.2) is 4.98 Å². The third-order valence-electron chi connectivity index (χ3n) is 3.34. The molecule has 4 heteroatoms. The maximum Gasteiger partial charge on any atom is 0.222 e. The third-order valence-corrected chi connectivity index (χ3v) is 3.34. The zero-order valence-corrected chi connectivity index (χ0v) is 11.2. The van der Waals surface area contributed by atoms with Crippen LogP contribution in [0.3, 0.4) is 0 Å². The number of nitrogens with zero attached hydrogens (tertiary/aromatic N) is 3.